The predicted octanol–water partition coefficient (Wildman–Crippen LogP) is 3.35. The lowest BCUT2D eigenvalue weighted by Gasteiger charge is -2.24. The third kappa shape index (κ3) is 4.63. The first-order valence-electron chi connectivity index (χ1n) is 8.86. The zero-order valence-electron chi connectivity index (χ0n) is 15.4. The minimum Gasteiger partial charge on any atom is -0.465 e. The molecule has 1 fully saturated rings. The fourth-order valence-electron chi connectivity index (χ4n) is 3.15. The third-order valence-corrected chi connectivity index (χ3v) is 4.64. The van der Waals surface area contributed by atoms with E-state index in [0.717, 1.165) is 11.1 Å². The molecule has 1 saturated heterocycles. The van der Waals surface area contributed by atoms with Crippen molar-refractivity contribution in [3.05, 3.63) is 83.4 Å². The summed E-state index contributed by atoms with van der Waals surface area (Å²) in [5.74, 6) is -0.417. The Morgan fingerprint density at radius 1 is 1.11 bits per heavy atom. The lowest BCUT2D eigenvalue weighted by atomic mass is 10.1. The average Bonchev–Trinajstić information content (AvgIpc) is 2.96. The summed E-state index contributed by atoms with van der Waals surface area (Å²) in [6.45, 7) is 5.31. The average molecular weight is 365 g/mol. The van der Waals surface area contributed by atoms with Crippen LogP contribution >= 0.6 is 0 Å². The van der Waals surface area contributed by atoms with Gasteiger partial charge in [-0.05, 0) is 29.7 Å². The summed E-state index contributed by atoms with van der Waals surface area (Å²) >= 11 is 0. The number of esters is 1. The highest BCUT2D eigenvalue weighted by atomic mass is 16.5. The molecular formula is C22H23NO4. The van der Waals surface area contributed by atoms with E-state index in [0.29, 0.717) is 37.3 Å². The van der Waals surface area contributed by atoms with Crippen molar-refractivity contribution in [1.29, 1.82) is 0 Å². The van der Waals surface area contributed by atoms with E-state index < -0.39 is 0 Å². The van der Waals surface area contributed by atoms with Gasteiger partial charge in [0, 0.05) is 12.1 Å². The van der Waals surface area contributed by atoms with Crippen LogP contribution in [-0.2, 0) is 27.4 Å². The molecule has 5 nitrogen and oxygen atoms in total. The smallest absolute Gasteiger partial charge is 0.337 e. The van der Waals surface area contributed by atoms with E-state index >= 15 is 0 Å². The van der Waals surface area contributed by atoms with E-state index in [1.165, 1.54) is 7.11 Å². The molecule has 0 bridgehead atoms. The molecule has 5 heteroatoms. The maximum atomic E-state index is 12.5. The van der Waals surface area contributed by atoms with Gasteiger partial charge in [-0.1, -0.05) is 49.0 Å². The van der Waals surface area contributed by atoms with Crippen LogP contribution in [0.3, 0.4) is 0 Å². The van der Waals surface area contributed by atoms with Crippen LogP contribution in [0.25, 0.3) is 0 Å². The topological polar surface area (TPSA) is 55.8 Å². The summed E-state index contributed by atoms with van der Waals surface area (Å²) < 4.78 is 10.5. The standard InChI is InChI=1S/C22H23NO4/c1-16-12-20(15-27-14-18-6-4-3-5-7-18)23(21(16)24)13-17-8-10-19(11-9-17)22(25)26-2/h3-11,20H,1,12-15H2,2H3. The Balaban J connectivity index is 1.61. The summed E-state index contributed by atoms with van der Waals surface area (Å²) in [6.07, 6.45) is 0.605. The van der Waals surface area contributed by atoms with Gasteiger partial charge in [-0.3, -0.25) is 4.79 Å². The number of methoxy groups -OCH3 is 1. The molecular weight excluding hydrogens is 342 g/mol. The molecule has 0 saturated carbocycles. The van der Waals surface area contributed by atoms with Crippen LogP contribution in [0.15, 0.2) is 66.7 Å². The molecule has 1 unspecified atom stereocenters. The number of ether oxygens (including phenoxy) is 2. The van der Waals surface area contributed by atoms with Gasteiger partial charge in [-0.2, -0.15) is 0 Å². The lowest BCUT2D eigenvalue weighted by Crippen LogP contribution is -2.35. The van der Waals surface area contributed by atoms with E-state index in [2.05, 4.69) is 6.58 Å². The molecule has 0 spiro atoms. The van der Waals surface area contributed by atoms with E-state index in [-0.39, 0.29) is 17.9 Å². The molecule has 1 atom stereocenters. The normalized spacial score (nSPS) is 16.6. The molecule has 0 radical (unpaired) electrons. The first-order valence-corrected chi connectivity index (χ1v) is 8.86. The van der Waals surface area contributed by atoms with Crippen LogP contribution in [0.5, 0.6) is 0 Å². The third-order valence-electron chi connectivity index (χ3n) is 4.64. The fourth-order valence-corrected chi connectivity index (χ4v) is 3.15. The van der Waals surface area contributed by atoms with Crippen LogP contribution in [0, 0.1) is 0 Å². The van der Waals surface area contributed by atoms with Crippen molar-refractivity contribution < 1.29 is 19.1 Å². The quantitative estimate of drug-likeness (QED) is 0.558. The predicted molar refractivity (Wildman–Crippen MR) is 102 cm³/mol. The van der Waals surface area contributed by atoms with Gasteiger partial charge in [0.2, 0.25) is 5.91 Å². The largest absolute Gasteiger partial charge is 0.465 e. The maximum Gasteiger partial charge on any atom is 0.337 e. The molecule has 1 aliphatic heterocycles. The maximum absolute atomic E-state index is 12.5. The lowest BCUT2D eigenvalue weighted by molar-refractivity contribution is -0.127. The minimum absolute atomic E-state index is 0.0333. The van der Waals surface area contributed by atoms with E-state index in [9.17, 15) is 9.59 Å². The number of hydrogen-bond acceptors (Lipinski definition) is 4. The van der Waals surface area contributed by atoms with Gasteiger partial charge in [0.15, 0.2) is 0 Å². The zero-order chi connectivity index (χ0) is 19.2. The van der Waals surface area contributed by atoms with Crippen molar-refractivity contribution in [3.8, 4) is 0 Å². The van der Waals surface area contributed by atoms with Crippen LogP contribution in [-0.4, -0.2) is 36.5 Å². The number of likely N-dealkylation sites (tertiary alicyclic amines) is 1. The Kier molecular flexibility index (Phi) is 6.04. The molecule has 0 aliphatic carbocycles. The molecule has 2 aromatic carbocycles. The van der Waals surface area contributed by atoms with Crippen molar-refractivity contribution in [3.63, 3.8) is 0 Å². The molecule has 1 amide bonds. The number of hydrogen-bond donors (Lipinski definition) is 0. The van der Waals surface area contributed by atoms with Crippen LogP contribution < -0.4 is 0 Å². The Morgan fingerprint density at radius 2 is 1.81 bits per heavy atom. The van der Waals surface area contributed by atoms with Crippen LogP contribution in [0.1, 0.15) is 27.9 Å². The van der Waals surface area contributed by atoms with E-state index in [4.69, 9.17) is 9.47 Å². The summed E-state index contributed by atoms with van der Waals surface area (Å²) in [7, 11) is 1.35. The van der Waals surface area contributed by atoms with Gasteiger partial charge < -0.3 is 14.4 Å². The minimum atomic E-state index is -0.376. The summed E-state index contributed by atoms with van der Waals surface area (Å²) in [4.78, 5) is 25.8. The summed E-state index contributed by atoms with van der Waals surface area (Å²) in [5.41, 5.74) is 3.14. The monoisotopic (exact) mass is 365 g/mol. The van der Waals surface area contributed by atoms with Crippen molar-refractivity contribution >= 4 is 11.9 Å². The molecule has 1 aliphatic rings. The second kappa shape index (κ2) is 8.64. The Hall–Kier alpha value is -2.92. The van der Waals surface area contributed by atoms with Crippen LogP contribution in [0.2, 0.25) is 0 Å². The van der Waals surface area contributed by atoms with E-state index in [1.54, 1.807) is 17.0 Å². The fraction of sp³-hybridized carbons (Fsp3) is 0.273. The van der Waals surface area contributed by atoms with Gasteiger partial charge in [-0.15, -0.1) is 0 Å². The van der Waals surface area contributed by atoms with Gasteiger partial charge in [0.25, 0.3) is 0 Å². The molecule has 2 aromatic rings. The highest BCUT2D eigenvalue weighted by Gasteiger charge is 2.34. The molecule has 0 N–H and O–H groups in total. The summed E-state index contributed by atoms with van der Waals surface area (Å²) in [5, 5.41) is 0. The van der Waals surface area contributed by atoms with Gasteiger partial charge in [-0.25, -0.2) is 4.79 Å². The number of benzene rings is 2. The Bertz CT molecular complexity index is 814. The molecule has 1 heterocycles. The first-order chi connectivity index (χ1) is 13.1. The number of rotatable bonds is 7. The first kappa shape index (κ1) is 18.9. The SMILES string of the molecule is C=C1CC(COCc2ccccc2)N(Cc2ccc(C(=O)OC)cc2)C1=O. The molecule has 140 valence electrons. The number of nitrogens with zero attached hydrogens (tertiary/aromatic N) is 1. The summed E-state index contributed by atoms with van der Waals surface area (Å²) in [6, 6.07) is 17.0. The number of carbonyl (C=O) groups is 2. The van der Waals surface area contributed by atoms with Crippen molar-refractivity contribution in [2.45, 2.75) is 25.6 Å². The Morgan fingerprint density at radius 3 is 2.48 bits per heavy atom. The van der Waals surface area contributed by atoms with E-state index in [1.807, 2.05) is 42.5 Å². The molecule has 3 rings (SSSR count). The van der Waals surface area contributed by atoms with Gasteiger partial charge in [0.05, 0.1) is 31.9 Å². The number of carbonyl (C=O) groups excluding carboxylic acids is 2. The second-order valence-electron chi connectivity index (χ2n) is 6.58. The second-order valence-corrected chi connectivity index (χ2v) is 6.58. The highest BCUT2D eigenvalue weighted by Crippen LogP contribution is 2.25. The molecule has 27 heavy (non-hydrogen) atoms. The zero-order valence-corrected chi connectivity index (χ0v) is 15.4. The van der Waals surface area contributed by atoms with Crippen LogP contribution in [0.4, 0.5) is 0 Å². The van der Waals surface area contributed by atoms with Gasteiger partial charge >= 0.3 is 5.97 Å². The highest BCUT2D eigenvalue weighted by molar-refractivity contribution is 5.95. The van der Waals surface area contributed by atoms with Crippen molar-refractivity contribution in [1.82, 2.24) is 4.90 Å². The number of amides is 1. The molecule has 0 aromatic heterocycles. The Labute approximate surface area is 159 Å². The van der Waals surface area contributed by atoms with Crippen molar-refractivity contribution in [2.75, 3.05) is 13.7 Å². The van der Waals surface area contributed by atoms with Gasteiger partial charge in [0.1, 0.15) is 0 Å². The van der Waals surface area contributed by atoms with Crippen molar-refractivity contribution in [2.24, 2.45) is 0 Å².